The Labute approximate surface area is 166 Å². The molecule has 2 heterocycles. The van der Waals surface area contributed by atoms with Gasteiger partial charge in [0.05, 0.1) is 19.7 Å². The van der Waals surface area contributed by atoms with Gasteiger partial charge in [-0.25, -0.2) is 4.79 Å². The van der Waals surface area contributed by atoms with Crippen molar-refractivity contribution in [3.63, 3.8) is 0 Å². The molecule has 28 heavy (non-hydrogen) atoms. The number of piperidine rings is 1. The van der Waals surface area contributed by atoms with Gasteiger partial charge in [0.25, 0.3) is 0 Å². The molecule has 1 aromatic carbocycles. The van der Waals surface area contributed by atoms with Gasteiger partial charge in [-0.2, -0.15) is 0 Å². The summed E-state index contributed by atoms with van der Waals surface area (Å²) in [6.07, 6.45) is 3.18. The fraction of sp³-hybridized carbons (Fsp3) is 0.524. The van der Waals surface area contributed by atoms with Crippen molar-refractivity contribution in [1.29, 1.82) is 0 Å². The lowest BCUT2D eigenvalue weighted by atomic mass is 10.0. The first kappa shape index (κ1) is 20.0. The Kier molecular flexibility index (Phi) is 5.82. The van der Waals surface area contributed by atoms with E-state index in [4.69, 9.17) is 14.2 Å². The van der Waals surface area contributed by atoms with E-state index < -0.39 is 5.60 Å². The maximum Gasteiger partial charge on any atom is 0.407 e. The summed E-state index contributed by atoms with van der Waals surface area (Å²) < 4.78 is 16.2. The molecule has 0 aliphatic carbocycles. The molecule has 3 rings (SSSR count). The fourth-order valence-electron chi connectivity index (χ4n) is 3.47. The number of carbonyl (C=O) groups excluding carboxylic acids is 1. The highest BCUT2D eigenvalue weighted by atomic mass is 16.6. The molecular weight excluding hydrogens is 358 g/mol. The normalized spacial score (nSPS) is 15.4. The summed E-state index contributed by atoms with van der Waals surface area (Å²) in [6.45, 7) is 7.29. The van der Waals surface area contributed by atoms with Crippen molar-refractivity contribution in [2.75, 3.05) is 32.2 Å². The summed E-state index contributed by atoms with van der Waals surface area (Å²) in [4.78, 5) is 18.8. The van der Waals surface area contributed by atoms with Crippen LogP contribution in [0.4, 0.5) is 10.5 Å². The van der Waals surface area contributed by atoms with E-state index >= 15 is 0 Å². The van der Waals surface area contributed by atoms with E-state index in [1.54, 1.807) is 14.2 Å². The molecule has 1 fully saturated rings. The van der Waals surface area contributed by atoms with Crippen LogP contribution in [0.5, 0.6) is 11.5 Å². The predicted molar refractivity (Wildman–Crippen MR) is 109 cm³/mol. The number of hydrogen-bond donors (Lipinski definition) is 1. The first-order chi connectivity index (χ1) is 13.3. The maximum atomic E-state index is 12.0. The van der Waals surface area contributed by atoms with Gasteiger partial charge in [0.2, 0.25) is 0 Å². The summed E-state index contributed by atoms with van der Waals surface area (Å²) in [7, 11) is 3.25. The Morgan fingerprint density at radius 2 is 1.79 bits per heavy atom. The van der Waals surface area contributed by atoms with Crippen LogP contribution in [0, 0.1) is 0 Å². The van der Waals surface area contributed by atoms with E-state index in [1.165, 1.54) is 0 Å². The predicted octanol–water partition coefficient (Wildman–Crippen LogP) is 3.75. The fourth-order valence-corrected chi connectivity index (χ4v) is 3.47. The van der Waals surface area contributed by atoms with Gasteiger partial charge >= 0.3 is 6.09 Å². The van der Waals surface area contributed by atoms with Gasteiger partial charge in [-0.1, -0.05) is 0 Å². The lowest BCUT2D eigenvalue weighted by Gasteiger charge is -2.34. The second kappa shape index (κ2) is 8.12. The van der Waals surface area contributed by atoms with Gasteiger partial charge in [-0.15, -0.1) is 0 Å². The second-order valence-corrected chi connectivity index (χ2v) is 7.96. The quantitative estimate of drug-likeness (QED) is 0.861. The highest BCUT2D eigenvalue weighted by Gasteiger charge is 2.24. The van der Waals surface area contributed by atoms with Crippen LogP contribution in [0.3, 0.4) is 0 Å². The van der Waals surface area contributed by atoms with Gasteiger partial charge in [-0.3, -0.25) is 4.98 Å². The van der Waals surface area contributed by atoms with E-state index in [-0.39, 0.29) is 12.1 Å². The molecule has 1 N–H and O–H groups in total. The summed E-state index contributed by atoms with van der Waals surface area (Å²) in [6, 6.07) is 6.01. The van der Waals surface area contributed by atoms with Crippen molar-refractivity contribution in [3.05, 3.63) is 24.4 Å². The standard InChI is InChI=1S/C21H29N3O4/c1-21(2,3)28-20(25)23-14-7-10-24(11-8-14)17-6-9-22-16-13-19(27-5)18(26-4)12-15(16)17/h6,9,12-14H,7-8,10-11H2,1-5H3,(H,23,25). The van der Waals surface area contributed by atoms with Crippen LogP contribution in [0.25, 0.3) is 10.9 Å². The molecule has 0 radical (unpaired) electrons. The minimum atomic E-state index is -0.485. The molecule has 7 nitrogen and oxygen atoms in total. The lowest BCUT2D eigenvalue weighted by molar-refractivity contribution is 0.0497. The van der Waals surface area contributed by atoms with E-state index in [0.717, 1.165) is 42.5 Å². The number of hydrogen-bond acceptors (Lipinski definition) is 6. The number of ether oxygens (including phenoxy) is 3. The summed E-state index contributed by atoms with van der Waals surface area (Å²) in [5.41, 5.74) is 1.49. The van der Waals surface area contributed by atoms with Gasteiger partial charge in [0, 0.05) is 42.5 Å². The van der Waals surface area contributed by atoms with Crippen LogP contribution >= 0.6 is 0 Å². The molecule has 1 aliphatic heterocycles. The molecule has 1 amide bonds. The number of nitrogens with one attached hydrogen (secondary N) is 1. The zero-order valence-electron chi connectivity index (χ0n) is 17.2. The molecule has 152 valence electrons. The number of alkyl carbamates (subject to hydrolysis) is 1. The van der Waals surface area contributed by atoms with Crippen LogP contribution in [-0.2, 0) is 4.74 Å². The SMILES string of the molecule is COc1cc2nccc(N3CCC(NC(=O)OC(C)(C)C)CC3)c2cc1OC. The number of nitrogens with zero attached hydrogens (tertiary/aromatic N) is 2. The first-order valence-corrected chi connectivity index (χ1v) is 9.56. The van der Waals surface area contributed by atoms with Crippen molar-refractivity contribution < 1.29 is 19.0 Å². The topological polar surface area (TPSA) is 72.9 Å². The molecule has 0 unspecified atom stereocenters. The largest absolute Gasteiger partial charge is 0.493 e. The van der Waals surface area contributed by atoms with E-state index in [1.807, 2.05) is 45.2 Å². The van der Waals surface area contributed by atoms with E-state index in [0.29, 0.717) is 11.5 Å². The van der Waals surface area contributed by atoms with Crippen LogP contribution in [0.1, 0.15) is 33.6 Å². The monoisotopic (exact) mass is 387 g/mol. The van der Waals surface area contributed by atoms with Gasteiger partial charge in [-0.05, 0) is 45.7 Å². The van der Waals surface area contributed by atoms with Crippen LogP contribution in [-0.4, -0.2) is 50.0 Å². The molecule has 0 bridgehead atoms. The third-order valence-electron chi connectivity index (χ3n) is 4.78. The zero-order chi connectivity index (χ0) is 20.3. The smallest absolute Gasteiger partial charge is 0.407 e. The highest BCUT2D eigenvalue weighted by Crippen LogP contribution is 2.36. The Morgan fingerprint density at radius 3 is 2.39 bits per heavy atom. The number of amides is 1. The number of rotatable bonds is 4. The van der Waals surface area contributed by atoms with Gasteiger partial charge in [0.15, 0.2) is 11.5 Å². The minimum Gasteiger partial charge on any atom is -0.493 e. The molecule has 1 saturated heterocycles. The van der Waals surface area contributed by atoms with E-state index in [9.17, 15) is 4.79 Å². The summed E-state index contributed by atoms with van der Waals surface area (Å²) in [5, 5.41) is 4.01. The summed E-state index contributed by atoms with van der Waals surface area (Å²) in [5.74, 6) is 1.35. The highest BCUT2D eigenvalue weighted by molar-refractivity contribution is 5.94. The summed E-state index contributed by atoms with van der Waals surface area (Å²) >= 11 is 0. The van der Waals surface area contributed by atoms with Crippen LogP contribution in [0.15, 0.2) is 24.4 Å². The molecule has 0 spiro atoms. The maximum absolute atomic E-state index is 12.0. The molecule has 1 aromatic heterocycles. The van der Waals surface area contributed by atoms with Gasteiger partial charge in [0.1, 0.15) is 5.60 Å². The molecule has 0 atom stereocenters. The first-order valence-electron chi connectivity index (χ1n) is 9.56. The molecule has 0 saturated carbocycles. The van der Waals surface area contributed by atoms with E-state index in [2.05, 4.69) is 15.2 Å². The Morgan fingerprint density at radius 1 is 1.14 bits per heavy atom. The van der Waals surface area contributed by atoms with Gasteiger partial charge < -0.3 is 24.4 Å². The second-order valence-electron chi connectivity index (χ2n) is 7.96. The number of fused-ring (bicyclic) bond motifs is 1. The lowest BCUT2D eigenvalue weighted by Crippen LogP contribution is -2.46. The van der Waals surface area contributed by atoms with Crippen molar-refractivity contribution in [2.24, 2.45) is 0 Å². The molecule has 7 heteroatoms. The average molecular weight is 387 g/mol. The Balaban J connectivity index is 1.72. The number of anilines is 1. The third-order valence-corrected chi connectivity index (χ3v) is 4.78. The van der Waals surface area contributed by atoms with Crippen molar-refractivity contribution in [3.8, 4) is 11.5 Å². The number of aromatic nitrogens is 1. The van der Waals surface area contributed by atoms with Crippen molar-refractivity contribution in [1.82, 2.24) is 10.3 Å². The average Bonchev–Trinajstić information content (AvgIpc) is 2.65. The number of carbonyl (C=O) groups is 1. The molecular formula is C21H29N3O4. The van der Waals surface area contributed by atoms with Crippen LogP contribution < -0.4 is 19.7 Å². The molecule has 2 aromatic rings. The number of benzene rings is 1. The minimum absolute atomic E-state index is 0.119. The third kappa shape index (κ3) is 4.58. The zero-order valence-corrected chi connectivity index (χ0v) is 17.2. The van der Waals surface area contributed by atoms with Crippen molar-refractivity contribution >= 4 is 22.7 Å². The van der Waals surface area contributed by atoms with Crippen molar-refractivity contribution in [2.45, 2.75) is 45.3 Å². The Hall–Kier alpha value is -2.70. The Bertz CT molecular complexity index is 839. The molecule has 1 aliphatic rings. The number of pyridine rings is 1. The van der Waals surface area contributed by atoms with Crippen LogP contribution in [0.2, 0.25) is 0 Å². The number of methoxy groups -OCH3 is 2.